The van der Waals surface area contributed by atoms with Crippen LogP contribution in [0, 0.1) is 5.82 Å². The van der Waals surface area contributed by atoms with E-state index in [2.05, 4.69) is 5.32 Å². The average Bonchev–Trinajstić information content (AvgIpc) is 2.49. The van der Waals surface area contributed by atoms with Gasteiger partial charge < -0.3 is 15.0 Å². The first-order chi connectivity index (χ1) is 10.8. The van der Waals surface area contributed by atoms with Gasteiger partial charge in [0.25, 0.3) is 5.91 Å². The molecule has 1 saturated heterocycles. The number of ether oxygens (including phenoxy) is 1. The Hall–Kier alpha value is -2.44. The summed E-state index contributed by atoms with van der Waals surface area (Å²) in [4.78, 5) is 38.1. The molecule has 0 bridgehead atoms. The van der Waals surface area contributed by atoms with Crippen LogP contribution in [0.15, 0.2) is 24.3 Å². The Morgan fingerprint density at radius 2 is 1.91 bits per heavy atom. The summed E-state index contributed by atoms with van der Waals surface area (Å²) in [7, 11) is 0. The molecule has 1 heterocycles. The van der Waals surface area contributed by atoms with E-state index < -0.39 is 29.4 Å². The van der Waals surface area contributed by atoms with E-state index in [4.69, 9.17) is 4.74 Å². The minimum Gasteiger partial charge on any atom is -0.464 e. The van der Waals surface area contributed by atoms with Crippen LogP contribution in [0.25, 0.3) is 0 Å². The van der Waals surface area contributed by atoms with Gasteiger partial charge in [-0.25, -0.2) is 9.18 Å². The number of nitrogens with zero attached hydrogens (tertiary/aromatic N) is 1. The Bertz CT molecular complexity index is 627. The largest absolute Gasteiger partial charge is 0.464 e. The molecule has 1 fully saturated rings. The second-order valence-corrected chi connectivity index (χ2v) is 5.77. The number of carbonyl (C=O) groups excluding carboxylic acids is 3. The van der Waals surface area contributed by atoms with Crippen LogP contribution in [-0.2, 0) is 25.7 Å². The van der Waals surface area contributed by atoms with Crippen LogP contribution >= 0.6 is 0 Å². The molecule has 23 heavy (non-hydrogen) atoms. The van der Waals surface area contributed by atoms with Gasteiger partial charge in [0.15, 0.2) is 0 Å². The van der Waals surface area contributed by atoms with Crippen molar-refractivity contribution in [3.05, 3.63) is 35.6 Å². The van der Waals surface area contributed by atoms with Crippen molar-refractivity contribution in [1.82, 2.24) is 10.2 Å². The number of piperazine rings is 1. The van der Waals surface area contributed by atoms with E-state index in [0.29, 0.717) is 5.56 Å². The minimum atomic E-state index is -1.35. The molecule has 1 aromatic carbocycles. The van der Waals surface area contributed by atoms with Gasteiger partial charge in [-0.1, -0.05) is 12.1 Å². The van der Waals surface area contributed by atoms with Gasteiger partial charge in [0.05, 0.1) is 6.61 Å². The van der Waals surface area contributed by atoms with Crippen molar-refractivity contribution in [3.63, 3.8) is 0 Å². The molecular weight excluding hydrogens is 303 g/mol. The number of hydrogen-bond acceptors (Lipinski definition) is 4. The lowest BCUT2D eigenvalue weighted by atomic mass is 9.94. The molecule has 0 aromatic heterocycles. The molecule has 1 aliphatic rings. The summed E-state index contributed by atoms with van der Waals surface area (Å²) in [5, 5.41) is 2.40. The summed E-state index contributed by atoms with van der Waals surface area (Å²) in [6, 6.07) is 4.27. The highest BCUT2D eigenvalue weighted by Gasteiger charge is 2.49. The van der Waals surface area contributed by atoms with Crippen LogP contribution in [0.1, 0.15) is 26.3 Å². The second-order valence-electron chi connectivity index (χ2n) is 5.77. The number of benzene rings is 1. The van der Waals surface area contributed by atoms with Gasteiger partial charge in [-0.15, -0.1) is 0 Å². The third kappa shape index (κ3) is 3.33. The summed E-state index contributed by atoms with van der Waals surface area (Å²) in [6.07, 6.45) is 0. The van der Waals surface area contributed by atoms with Crippen molar-refractivity contribution < 1.29 is 23.5 Å². The Kier molecular flexibility index (Phi) is 4.68. The van der Waals surface area contributed by atoms with Crippen LogP contribution in [-0.4, -0.2) is 40.9 Å². The van der Waals surface area contributed by atoms with Gasteiger partial charge in [-0.3, -0.25) is 9.59 Å². The van der Waals surface area contributed by atoms with Crippen molar-refractivity contribution in [2.75, 3.05) is 6.61 Å². The summed E-state index contributed by atoms with van der Waals surface area (Å²) < 4.78 is 17.8. The van der Waals surface area contributed by atoms with E-state index in [9.17, 15) is 18.8 Å². The predicted octanol–water partition coefficient (Wildman–Crippen LogP) is 0.994. The lowest BCUT2D eigenvalue weighted by molar-refractivity contribution is -0.165. The van der Waals surface area contributed by atoms with Crippen molar-refractivity contribution in [1.29, 1.82) is 0 Å². The molecule has 0 unspecified atom stereocenters. The van der Waals surface area contributed by atoms with Crippen LogP contribution in [0.3, 0.4) is 0 Å². The van der Waals surface area contributed by atoms with E-state index in [-0.39, 0.29) is 19.0 Å². The fourth-order valence-electron chi connectivity index (χ4n) is 2.36. The summed E-state index contributed by atoms with van der Waals surface area (Å²) in [6.45, 7) is 5.00. The topological polar surface area (TPSA) is 75.7 Å². The second kappa shape index (κ2) is 6.36. The molecule has 6 nitrogen and oxygen atoms in total. The first kappa shape index (κ1) is 16.9. The number of amides is 2. The zero-order chi connectivity index (χ0) is 17.2. The standard InChI is InChI=1S/C16H19FN2O4/c1-4-23-14(21)12-13(20)19(16(2,3)15(22)18-12)9-10-5-7-11(17)8-6-10/h5-8,12H,4,9H2,1-3H3,(H,18,22)/t12-/m0/s1. The Morgan fingerprint density at radius 3 is 2.48 bits per heavy atom. The molecule has 0 radical (unpaired) electrons. The highest BCUT2D eigenvalue weighted by atomic mass is 19.1. The number of carbonyl (C=O) groups is 3. The van der Waals surface area contributed by atoms with Crippen molar-refractivity contribution in [2.24, 2.45) is 0 Å². The molecule has 1 atom stereocenters. The monoisotopic (exact) mass is 322 g/mol. The first-order valence-electron chi connectivity index (χ1n) is 7.31. The first-order valence-corrected chi connectivity index (χ1v) is 7.31. The summed E-state index contributed by atoms with van der Waals surface area (Å²) >= 11 is 0. The van der Waals surface area contributed by atoms with E-state index in [1.54, 1.807) is 20.8 Å². The lowest BCUT2D eigenvalue weighted by Crippen LogP contribution is -2.69. The third-order valence-electron chi connectivity index (χ3n) is 3.80. The molecule has 2 rings (SSSR count). The van der Waals surface area contributed by atoms with Gasteiger partial charge in [-0.05, 0) is 38.5 Å². The van der Waals surface area contributed by atoms with E-state index in [1.807, 2.05) is 0 Å². The zero-order valence-electron chi connectivity index (χ0n) is 13.3. The lowest BCUT2D eigenvalue weighted by Gasteiger charge is -2.43. The number of halogens is 1. The summed E-state index contributed by atoms with van der Waals surface area (Å²) in [5.74, 6) is -2.17. The number of rotatable bonds is 4. The maximum atomic E-state index is 13.0. The number of hydrogen-bond donors (Lipinski definition) is 1. The molecule has 124 valence electrons. The Balaban J connectivity index is 2.28. The van der Waals surface area contributed by atoms with E-state index in [0.717, 1.165) is 0 Å². The van der Waals surface area contributed by atoms with E-state index in [1.165, 1.54) is 29.2 Å². The molecule has 1 aliphatic heterocycles. The third-order valence-corrected chi connectivity index (χ3v) is 3.80. The van der Waals surface area contributed by atoms with Crippen LogP contribution < -0.4 is 5.32 Å². The van der Waals surface area contributed by atoms with Gasteiger partial charge in [0.1, 0.15) is 11.4 Å². The number of esters is 1. The van der Waals surface area contributed by atoms with Crippen LogP contribution in [0.4, 0.5) is 4.39 Å². The van der Waals surface area contributed by atoms with Gasteiger partial charge in [0, 0.05) is 6.54 Å². The molecular formula is C16H19FN2O4. The maximum Gasteiger partial charge on any atom is 0.338 e. The molecule has 0 spiro atoms. The normalized spacial score (nSPS) is 20.2. The summed E-state index contributed by atoms with van der Waals surface area (Å²) in [5.41, 5.74) is -0.473. The quantitative estimate of drug-likeness (QED) is 0.663. The molecule has 1 N–H and O–H groups in total. The highest BCUT2D eigenvalue weighted by molar-refractivity contribution is 6.10. The smallest absolute Gasteiger partial charge is 0.338 e. The van der Waals surface area contributed by atoms with Gasteiger partial charge in [0.2, 0.25) is 11.9 Å². The Labute approximate surface area is 133 Å². The number of nitrogens with one attached hydrogen (secondary N) is 1. The van der Waals surface area contributed by atoms with Gasteiger partial charge in [-0.2, -0.15) is 0 Å². The molecule has 0 aliphatic carbocycles. The fourth-order valence-corrected chi connectivity index (χ4v) is 2.36. The molecule has 0 saturated carbocycles. The predicted molar refractivity (Wildman–Crippen MR) is 79.6 cm³/mol. The van der Waals surface area contributed by atoms with Gasteiger partial charge >= 0.3 is 5.97 Å². The maximum absolute atomic E-state index is 13.0. The van der Waals surface area contributed by atoms with Crippen LogP contribution in [0.2, 0.25) is 0 Å². The van der Waals surface area contributed by atoms with E-state index >= 15 is 0 Å². The molecule has 1 aromatic rings. The average molecular weight is 322 g/mol. The Morgan fingerprint density at radius 1 is 1.30 bits per heavy atom. The van der Waals surface area contributed by atoms with Crippen molar-refractivity contribution in [2.45, 2.75) is 38.9 Å². The highest BCUT2D eigenvalue weighted by Crippen LogP contribution is 2.24. The van der Waals surface area contributed by atoms with Crippen molar-refractivity contribution in [3.8, 4) is 0 Å². The fraction of sp³-hybridized carbons (Fsp3) is 0.438. The zero-order valence-corrected chi connectivity index (χ0v) is 13.3. The SMILES string of the molecule is CCOC(=O)[C@H]1NC(=O)C(C)(C)N(Cc2ccc(F)cc2)C1=O. The minimum absolute atomic E-state index is 0.0927. The van der Waals surface area contributed by atoms with Crippen LogP contribution in [0.5, 0.6) is 0 Å². The molecule has 2 amide bonds. The molecule has 7 heteroatoms. The van der Waals surface area contributed by atoms with Crippen molar-refractivity contribution >= 4 is 17.8 Å².